The lowest BCUT2D eigenvalue weighted by Crippen LogP contribution is -2.41. The summed E-state index contributed by atoms with van der Waals surface area (Å²) in [5, 5.41) is 3.86. The Kier molecular flexibility index (Phi) is 9.92. The Morgan fingerprint density at radius 1 is 1.31 bits per heavy atom. The van der Waals surface area contributed by atoms with Gasteiger partial charge >= 0.3 is 0 Å². The molecule has 178 valence electrons. The number of nitrogens with zero attached hydrogens (tertiary/aromatic N) is 3. The summed E-state index contributed by atoms with van der Waals surface area (Å²) in [6.07, 6.45) is 1.62. The van der Waals surface area contributed by atoms with Gasteiger partial charge in [-0.2, -0.15) is 0 Å². The summed E-state index contributed by atoms with van der Waals surface area (Å²) >= 11 is 5.54. The average molecular weight is 483 g/mol. The van der Waals surface area contributed by atoms with Crippen molar-refractivity contribution >= 4 is 27.2 Å². The van der Waals surface area contributed by atoms with Crippen LogP contribution in [-0.2, 0) is 33.4 Å². The lowest BCUT2D eigenvalue weighted by Gasteiger charge is -2.27. The predicted octanol–water partition coefficient (Wildman–Crippen LogP) is 2.86. The number of nitrogens with one attached hydrogen (secondary N) is 1. The van der Waals surface area contributed by atoms with Crippen LogP contribution in [0.3, 0.4) is 0 Å². The summed E-state index contributed by atoms with van der Waals surface area (Å²) in [4.78, 5) is 6.36. The lowest BCUT2D eigenvalue weighted by atomic mass is 10.2. The van der Waals surface area contributed by atoms with E-state index in [0.29, 0.717) is 42.0 Å². The molecule has 0 bridgehead atoms. The molecule has 0 saturated carbocycles. The molecule has 0 fully saturated rings. The zero-order chi connectivity index (χ0) is 23.7. The molecule has 0 radical (unpaired) electrons. The van der Waals surface area contributed by atoms with Gasteiger partial charge in [0.1, 0.15) is 5.75 Å². The molecule has 0 aliphatic carbocycles. The van der Waals surface area contributed by atoms with Gasteiger partial charge in [-0.25, -0.2) is 13.4 Å². The molecule has 0 unspecified atom stereocenters. The van der Waals surface area contributed by atoms with Crippen LogP contribution in [0, 0.1) is 5.92 Å². The van der Waals surface area contributed by atoms with Gasteiger partial charge in [0.05, 0.1) is 37.9 Å². The number of sulfone groups is 1. The van der Waals surface area contributed by atoms with E-state index >= 15 is 0 Å². The Morgan fingerprint density at radius 2 is 2.06 bits per heavy atom. The van der Waals surface area contributed by atoms with Crippen molar-refractivity contribution in [3.63, 3.8) is 0 Å². The van der Waals surface area contributed by atoms with Gasteiger partial charge in [-0.3, -0.25) is 0 Å². The minimum absolute atomic E-state index is 0.0336. The largest absolute Gasteiger partial charge is 0.497 e. The van der Waals surface area contributed by atoms with Crippen LogP contribution in [-0.4, -0.2) is 61.9 Å². The molecule has 8 nitrogen and oxygen atoms in total. The molecule has 0 spiro atoms. The SMILES string of the molecule is CCNC(=S)N(Cc1cnc(S(=O)(=O)Cc2cccc(OC)c2)n1CCOC)CC(C)C. The number of ether oxygens (including phenoxy) is 2. The number of benzene rings is 1. The zero-order valence-electron chi connectivity index (χ0n) is 19.5. The van der Waals surface area contributed by atoms with Gasteiger partial charge in [-0.05, 0) is 42.8 Å². The molecule has 1 aromatic heterocycles. The summed E-state index contributed by atoms with van der Waals surface area (Å²) < 4.78 is 38.7. The first-order valence-electron chi connectivity index (χ1n) is 10.6. The molecule has 2 aromatic rings. The van der Waals surface area contributed by atoms with E-state index in [0.717, 1.165) is 18.8 Å². The Morgan fingerprint density at radius 3 is 2.69 bits per heavy atom. The Hall–Kier alpha value is -2.17. The number of rotatable bonds is 12. The Labute approximate surface area is 196 Å². The fourth-order valence-electron chi connectivity index (χ4n) is 3.35. The van der Waals surface area contributed by atoms with Gasteiger partial charge in [0, 0.05) is 26.7 Å². The smallest absolute Gasteiger partial charge is 0.228 e. The minimum Gasteiger partial charge on any atom is -0.497 e. The number of hydrogen-bond acceptors (Lipinski definition) is 6. The van der Waals surface area contributed by atoms with E-state index in [-0.39, 0.29) is 10.9 Å². The molecule has 1 aromatic carbocycles. The van der Waals surface area contributed by atoms with Crippen molar-refractivity contribution in [3.05, 3.63) is 41.7 Å². The first-order chi connectivity index (χ1) is 15.2. The normalized spacial score (nSPS) is 11.6. The second-order valence-corrected chi connectivity index (χ2v) is 10.2. The van der Waals surface area contributed by atoms with Crippen molar-refractivity contribution in [1.82, 2.24) is 19.8 Å². The fourth-order valence-corrected chi connectivity index (χ4v) is 5.14. The monoisotopic (exact) mass is 482 g/mol. The zero-order valence-corrected chi connectivity index (χ0v) is 21.1. The quantitative estimate of drug-likeness (QED) is 0.462. The second kappa shape index (κ2) is 12.2. The van der Waals surface area contributed by atoms with Gasteiger partial charge in [0.25, 0.3) is 0 Å². The number of hydrogen-bond donors (Lipinski definition) is 1. The lowest BCUT2D eigenvalue weighted by molar-refractivity contribution is 0.182. The molecule has 1 heterocycles. The van der Waals surface area contributed by atoms with Gasteiger partial charge in [-0.1, -0.05) is 26.0 Å². The van der Waals surface area contributed by atoms with Crippen LogP contribution in [0.1, 0.15) is 32.0 Å². The van der Waals surface area contributed by atoms with Crippen LogP contribution < -0.4 is 10.1 Å². The number of methoxy groups -OCH3 is 2. The minimum atomic E-state index is -3.69. The second-order valence-electron chi connectivity index (χ2n) is 7.90. The maximum absolute atomic E-state index is 13.3. The van der Waals surface area contributed by atoms with Crippen LogP contribution in [0.25, 0.3) is 0 Å². The Balaban J connectivity index is 2.38. The number of imidazole rings is 1. The first kappa shape index (κ1) is 26.1. The predicted molar refractivity (Wildman–Crippen MR) is 130 cm³/mol. The fraction of sp³-hybridized carbons (Fsp3) is 0.545. The third kappa shape index (κ3) is 7.18. The van der Waals surface area contributed by atoms with E-state index < -0.39 is 9.84 Å². The average Bonchev–Trinajstić information content (AvgIpc) is 3.14. The van der Waals surface area contributed by atoms with Crippen molar-refractivity contribution in [2.75, 3.05) is 33.9 Å². The van der Waals surface area contributed by atoms with Gasteiger partial charge < -0.3 is 24.3 Å². The summed E-state index contributed by atoms with van der Waals surface area (Å²) in [6, 6.07) is 7.05. The molecule has 0 saturated heterocycles. The molecule has 2 rings (SSSR count). The molecule has 0 atom stereocenters. The van der Waals surface area contributed by atoms with E-state index in [1.807, 2.05) is 11.8 Å². The highest BCUT2D eigenvalue weighted by atomic mass is 32.2. The van der Waals surface area contributed by atoms with Crippen molar-refractivity contribution in [3.8, 4) is 5.75 Å². The Bertz CT molecular complexity index is 990. The van der Waals surface area contributed by atoms with Crippen molar-refractivity contribution < 1.29 is 17.9 Å². The van der Waals surface area contributed by atoms with Crippen molar-refractivity contribution in [1.29, 1.82) is 0 Å². The standard InChI is InChI=1S/C22H34N4O4S2/c1-6-23-21(31)25(14-17(2)3)15-19-13-24-22(26(19)10-11-29-4)32(27,28)16-18-8-7-9-20(12-18)30-5/h7-9,12-13,17H,6,10-11,14-16H2,1-5H3,(H,23,31). The summed E-state index contributed by atoms with van der Waals surface area (Å²) in [7, 11) is -0.551. The highest BCUT2D eigenvalue weighted by Gasteiger charge is 2.25. The summed E-state index contributed by atoms with van der Waals surface area (Å²) in [6.45, 7) is 8.89. The molecular formula is C22H34N4O4S2. The van der Waals surface area contributed by atoms with Gasteiger partial charge in [0.2, 0.25) is 15.0 Å². The number of aromatic nitrogens is 2. The summed E-state index contributed by atoms with van der Waals surface area (Å²) in [5.74, 6) is 0.833. The van der Waals surface area contributed by atoms with E-state index in [1.54, 1.807) is 49.2 Å². The van der Waals surface area contributed by atoms with Crippen molar-refractivity contribution in [2.24, 2.45) is 5.92 Å². The van der Waals surface area contributed by atoms with Crippen LogP contribution in [0.5, 0.6) is 5.75 Å². The highest BCUT2D eigenvalue weighted by Crippen LogP contribution is 2.21. The molecule has 0 aliphatic rings. The maximum Gasteiger partial charge on any atom is 0.228 e. The van der Waals surface area contributed by atoms with Crippen LogP contribution in [0.2, 0.25) is 0 Å². The molecular weight excluding hydrogens is 448 g/mol. The molecule has 32 heavy (non-hydrogen) atoms. The van der Waals surface area contributed by atoms with Gasteiger partial charge in [0.15, 0.2) is 5.11 Å². The van der Waals surface area contributed by atoms with Crippen LogP contribution >= 0.6 is 12.2 Å². The van der Waals surface area contributed by atoms with Crippen LogP contribution in [0.15, 0.2) is 35.6 Å². The highest BCUT2D eigenvalue weighted by molar-refractivity contribution is 7.90. The van der Waals surface area contributed by atoms with Gasteiger partial charge in [-0.15, -0.1) is 0 Å². The van der Waals surface area contributed by atoms with E-state index in [1.165, 1.54) is 0 Å². The van der Waals surface area contributed by atoms with E-state index in [2.05, 4.69) is 24.1 Å². The maximum atomic E-state index is 13.3. The van der Waals surface area contributed by atoms with Crippen LogP contribution in [0.4, 0.5) is 0 Å². The first-order valence-corrected chi connectivity index (χ1v) is 12.7. The van der Waals surface area contributed by atoms with E-state index in [4.69, 9.17) is 21.7 Å². The topological polar surface area (TPSA) is 85.7 Å². The third-order valence-corrected chi connectivity index (χ3v) is 6.74. The third-order valence-electron chi connectivity index (χ3n) is 4.74. The van der Waals surface area contributed by atoms with E-state index in [9.17, 15) is 8.42 Å². The molecule has 0 aliphatic heterocycles. The molecule has 10 heteroatoms. The molecule has 0 amide bonds. The molecule has 1 N–H and O–H groups in total. The summed E-state index contributed by atoms with van der Waals surface area (Å²) in [5.41, 5.74) is 1.41. The number of thiocarbonyl (C=S) groups is 1. The van der Waals surface area contributed by atoms with Crippen molar-refractivity contribution in [2.45, 2.75) is 44.8 Å².